The van der Waals surface area contributed by atoms with Crippen LogP contribution in [-0.2, 0) is 9.53 Å². The van der Waals surface area contributed by atoms with E-state index in [9.17, 15) is 4.79 Å². The molecule has 0 radical (unpaired) electrons. The number of esters is 1. The van der Waals surface area contributed by atoms with E-state index in [4.69, 9.17) is 21.4 Å². The van der Waals surface area contributed by atoms with Crippen molar-refractivity contribution in [1.82, 2.24) is 9.91 Å². The molecule has 0 spiro atoms. The highest BCUT2D eigenvalue weighted by atomic mass is 16.5. The number of rotatable bonds is 36. The number of hydrazine groups is 1. The third kappa shape index (κ3) is 31.3. The summed E-state index contributed by atoms with van der Waals surface area (Å²) in [7, 11) is 0. The Morgan fingerprint density at radius 1 is 0.609 bits per heavy atom. The van der Waals surface area contributed by atoms with Gasteiger partial charge in [-0.2, -0.15) is 0 Å². The SMILES string of the molecule is CCCCCCCCC(CCCCCCCC)OC(=O)CCCCCCCN(CCCCCCCC)CCCN(N)/C=C(\N)CO. The second-order valence-corrected chi connectivity index (χ2v) is 13.8. The van der Waals surface area contributed by atoms with E-state index in [2.05, 4.69) is 25.7 Å². The van der Waals surface area contributed by atoms with Crippen molar-refractivity contribution in [3.05, 3.63) is 11.9 Å². The monoisotopic (exact) mass is 653 g/mol. The first-order valence-corrected chi connectivity index (χ1v) is 20.0. The lowest BCUT2D eigenvalue weighted by Gasteiger charge is -2.24. The van der Waals surface area contributed by atoms with Gasteiger partial charge in [-0.05, 0) is 71.0 Å². The summed E-state index contributed by atoms with van der Waals surface area (Å²) in [6, 6.07) is 0. The van der Waals surface area contributed by atoms with Crippen molar-refractivity contribution in [3.8, 4) is 0 Å². The Hall–Kier alpha value is -1.31. The van der Waals surface area contributed by atoms with Gasteiger partial charge >= 0.3 is 5.97 Å². The molecule has 7 heteroatoms. The van der Waals surface area contributed by atoms with Crippen LogP contribution < -0.4 is 11.6 Å². The van der Waals surface area contributed by atoms with Gasteiger partial charge in [0.1, 0.15) is 6.10 Å². The van der Waals surface area contributed by atoms with E-state index in [1.54, 1.807) is 11.2 Å². The van der Waals surface area contributed by atoms with Crippen molar-refractivity contribution in [3.63, 3.8) is 0 Å². The van der Waals surface area contributed by atoms with E-state index in [-0.39, 0.29) is 18.7 Å². The Morgan fingerprint density at radius 3 is 1.50 bits per heavy atom. The number of hydrogen-bond acceptors (Lipinski definition) is 7. The average Bonchev–Trinajstić information content (AvgIpc) is 3.04. The van der Waals surface area contributed by atoms with E-state index in [1.807, 2.05) is 0 Å². The Kier molecular flexibility index (Phi) is 34.0. The fraction of sp³-hybridized carbons (Fsp3) is 0.923. The van der Waals surface area contributed by atoms with Gasteiger partial charge in [0, 0.05) is 19.2 Å². The quantitative estimate of drug-likeness (QED) is 0.0268. The molecule has 0 atom stereocenters. The van der Waals surface area contributed by atoms with Gasteiger partial charge < -0.3 is 25.5 Å². The van der Waals surface area contributed by atoms with Gasteiger partial charge in [-0.1, -0.05) is 136 Å². The predicted octanol–water partition coefficient (Wildman–Crippen LogP) is 9.76. The number of nitrogens with zero attached hydrogens (tertiary/aromatic N) is 2. The van der Waals surface area contributed by atoms with Crippen LogP contribution in [0.4, 0.5) is 0 Å². The van der Waals surface area contributed by atoms with Crippen molar-refractivity contribution >= 4 is 5.97 Å². The number of ether oxygens (including phenoxy) is 1. The number of unbranched alkanes of at least 4 members (excludes halogenated alkanes) is 19. The van der Waals surface area contributed by atoms with Crippen LogP contribution in [0, 0.1) is 0 Å². The number of carbonyl (C=O) groups is 1. The summed E-state index contributed by atoms with van der Waals surface area (Å²) in [6.45, 7) is 10.6. The summed E-state index contributed by atoms with van der Waals surface area (Å²) >= 11 is 0. The minimum absolute atomic E-state index is 0.0246. The van der Waals surface area contributed by atoms with E-state index in [1.165, 1.54) is 135 Å². The molecule has 0 aromatic rings. The van der Waals surface area contributed by atoms with Crippen LogP contribution in [0.5, 0.6) is 0 Å². The van der Waals surface area contributed by atoms with Crippen molar-refractivity contribution in [2.24, 2.45) is 11.6 Å². The number of aliphatic hydroxyl groups excluding tert-OH is 1. The smallest absolute Gasteiger partial charge is 0.306 e. The van der Waals surface area contributed by atoms with Crippen LogP contribution in [0.15, 0.2) is 11.9 Å². The summed E-state index contributed by atoms with van der Waals surface area (Å²) in [5.74, 6) is 6.04. The summed E-state index contributed by atoms with van der Waals surface area (Å²) in [5.41, 5.74) is 6.09. The maximum Gasteiger partial charge on any atom is 0.306 e. The van der Waals surface area contributed by atoms with Gasteiger partial charge in [-0.25, -0.2) is 5.84 Å². The molecule has 0 unspecified atom stereocenters. The standard InChI is InChI=1S/C39H80N4O3/c1-4-7-10-13-17-22-28-38(29-23-18-14-11-8-5-2)46-39(45)30-24-19-16-21-26-32-42(31-25-20-15-12-9-6-3)33-27-34-43(41)35-37(40)36-44/h35,38,44H,4-34,36,40-41H2,1-3H3/b37-35-. The molecule has 0 heterocycles. The van der Waals surface area contributed by atoms with Crippen molar-refractivity contribution in [2.45, 2.75) is 200 Å². The lowest BCUT2D eigenvalue weighted by Crippen LogP contribution is -2.33. The first-order valence-electron chi connectivity index (χ1n) is 20.0. The lowest BCUT2D eigenvalue weighted by molar-refractivity contribution is -0.150. The van der Waals surface area contributed by atoms with Crippen molar-refractivity contribution < 1.29 is 14.6 Å². The Balaban J connectivity index is 4.37. The molecule has 0 fully saturated rings. The van der Waals surface area contributed by atoms with Crippen molar-refractivity contribution in [1.29, 1.82) is 0 Å². The van der Waals surface area contributed by atoms with Gasteiger partial charge in [-0.15, -0.1) is 0 Å². The van der Waals surface area contributed by atoms with Crippen LogP contribution in [0.3, 0.4) is 0 Å². The maximum atomic E-state index is 12.7. The van der Waals surface area contributed by atoms with Crippen molar-refractivity contribution in [2.75, 3.05) is 32.8 Å². The Bertz CT molecular complexity index is 660. The zero-order valence-corrected chi connectivity index (χ0v) is 31.1. The molecular formula is C39H80N4O3. The number of aliphatic hydroxyl groups is 1. The third-order valence-electron chi connectivity index (χ3n) is 9.15. The third-order valence-corrected chi connectivity index (χ3v) is 9.15. The minimum atomic E-state index is -0.169. The number of hydrogen-bond donors (Lipinski definition) is 3. The van der Waals surface area contributed by atoms with Crippen LogP contribution in [-0.4, -0.2) is 59.9 Å². The highest BCUT2D eigenvalue weighted by Gasteiger charge is 2.14. The number of carbonyl (C=O) groups excluding carboxylic acids is 1. The normalized spacial score (nSPS) is 12.0. The first kappa shape index (κ1) is 44.7. The molecule has 7 nitrogen and oxygen atoms in total. The summed E-state index contributed by atoms with van der Waals surface area (Å²) < 4.78 is 6.03. The van der Waals surface area contributed by atoms with Gasteiger partial charge in [0.2, 0.25) is 0 Å². The second-order valence-electron chi connectivity index (χ2n) is 13.8. The zero-order chi connectivity index (χ0) is 33.9. The molecule has 0 saturated heterocycles. The lowest BCUT2D eigenvalue weighted by atomic mass is 10.0. The molecule has 46 heavy (non-hydrogen) atoms. The number of nitrogens with two attached hydrogens (primary N) is 2. The fourth-order valence-corrected chi connectivity index (χ4v) is 6.19. The highest BCUT2D eigenvalue weighted by molar-refractivity contribution is 5.69. The fourth-order valence-electron chi connectivity index (χ4n) is 6.19. The zero-order valence-electron chi connectivity index (χ0n) is 31.1. The predicted molar refractivity (Wildman–Crippen MR) is 198 cm³/mol. The van der Waals surface area contributed by atoms with E-state index in [0.29, 0.717) is 12.1 Å². The van der Waals surface area contributed by atoms with Gasteiger partial charge in [0.15, 0.2) is 0 Å². The molecule has 0 rings (SSSR count). The second kappa shape index (κ2) is 35.0. The average molecular weight is 653 g/mol. The summed E-state index contributed by atoms with van der Waals surface area (Å²) in [5, 5.41) is 10.7. The van der Waals surface area contributed by atoms with Crippen LogP contribution in [0.1, 0.15) is 194 Å². The summed E-state index contributed by atoms with van der Waals surface area (Å²) in [4.78, 5) is 15.3. The molecule has 0 aliphatic rings. The molecule has 0 aliphatic carbocycles. The molecule has 0 aromatic heterocycles. The molecule has 5 N–H and O–H groups in total. The molecule has 0 bridgehead atoms. The highest BCUT2D eigenvalue weighted by Crippen LogP contribution is 2.18. The topological polar surface area (TPSA) is 105 Å². The Labute approximate surface area is 286 Å². The van der Waals surface area contributed by atoms with Gasteiger partial charge in [-0.3, -0.25) is 4.79 Å². The van der Waals surface area contributed by atoms with Crippen LogP contribution in [0.25, 0.3) is 0 Å². The largest absolute Gasteiger partial charge is 0.462 e. The molecule has 274 valence electrons. The molecule has 0 saturated carbocycles. The van der Waals surface area contributed by atoms with Crippen LogP contribution in [0.2, 0.25) is 0 Å². The van der Waals surface area contributed by atoms with E-state index < -0.39 is 0 Å². The first-order chi connectivity index (χ1) is 22.5. The summed E-state index contributed by atoms with van der Waals surface area (Å²) in [6.07, 6.45) is 34.3. The molecule has 0 amide bonds. The molecule has 0 aromatic carbocycles. The maximum absolute atomic E-state index is 12.7. The van der Waals surface area contributed by atoms with E-state index >= 15 is 0 Å². The van der Waals surface area contributed by atoms with Gasteiger partial charge in [0.05, 0.1) is 12.3 Å². The van der Waals surface area contributed by atoms with Crippen LogP contribution >= 0.6 is 0 Å². The molecule has 0 aliphatic heterocycles. The van der Waals surface area contributed by atoms with Gasteiger partial charge in [0.25, 0.3) is 0 Å². The van der Waals surface area contributed by atoms with E-state index in [0.717, 1.165) is 58.3 Å². The minimum Gasteiger partial charge on any atom is -0.462 e. The Morgan fingerprint density at radius 2 is 1.02 bits per heavy atom. The molecular weight excluding hydrogens is 572 g/mol.